The standard InChI is InChI=1S/C30H23N5O2/c1-18-12-24(25-15-27-30(37)32-10-11-34(27)29(25)33-18)22-13-21(16-31-17-22)19-6-8-23(9-7-19)35-26-5-3-2-4-20(26)14-28(35)36/h2-9,12-13,15-17H,10-11,14H2,1H3,(H,32,37). The molecular weight excluding hydrogens is 462 g/mol. The summed E-state index contributed by atoms with van der Waals surface area (Å²) in [5.41, 5.74) is 9.15. The van der Waals surface area contributed by atoms with Gasteiger partial charge in [0, 0.05) is 53.4 Å². The fraction of sp³-hybridized carbons (Fsp3) is 0.133. The van der Waals surface area contributed by atoms with E-state index in [2.05, 4.69) is 16.4 Å². The summed E-state index contributed by atoms with van der Waals surface area (Å²) in [6, 6.07) is 22.0. The molecule has 7 heteroatoms. The van der Waals surface area contributed by atoms with Crippen LogP contribution < -0.4 is 10.2 Å². The number of aryl methyl sites for hydroxylation is 1. The highest BCUT2D eigenvalue weighted by Gasteiger charge is 2.28. The first kappa shape index (κ1) is 21.5. The number of nitrogens with one attached hydrogen (secondary N) is 1. The van der Waals surface area contributed by atoms with Crippen molar-refractivity contribution in [3.8, 4) is 22.3 Å². The summed E-state index contributed by atoms with van der Waals surface area (Å²) in [6.07, 6.45) is 4.12. The molecule has 0 aliphatic carbocycles. The zero-order chi connectivity index (χ0) is 25.1. The van der Waals surface area contributed by atoms with Gasteiger partial charge >= 0.3 is 0 Å². The maximum Gasteiger partial charge on any atom is 0.268 e. The molecule has 0 radical (unpaired) electrons. The van der Waals surface area contributed by atoms with E-state index < -0.39 is 0 Å². The lowest BCUT2D eigenvalue weighted by molar-refractivity contribution is -0.116. The van der Waals surface area contributed by atoms with Gasteiger partial charge in [-0.2, -0.15) is 0 Å². The van der Waals surface area contributed by atoms with Crippen molar-refractivity contribution in [2.75, 3.05) is 11.4 Å². The van der Waals surface area contributed by atoms with E-state index in [-0.39, 0.29) is 11.8 Å². The number of pyridine rings is 2. The van der Waals surface area contributed by atoms with Gasteiger partial charge in [0.25, 0.3) is 5.91 Å². The van der Waals surface area contributed by atoms with Crippen molar-refractivity contribution in [1.29, 1.82) is 0 Å². The van der Waals surface area contributed by atoms with E-state index in [0.29, 0.717) is 25.2 Å². The lowest BCUT2D eigenvalue weighted by Gasteiger charge is -2.18. The predicted molar refractivity (Wildman–Crippen MR) is 143 cm³/mol. The Morgan fingerprint density at radius 3 is 2.57 bits per heavy atom. The van der Waals surface area contributed by atoms with Crippen LogP contribution in [0.5, 0.6) is 0 Å². The second-order valence-electron chi connectivity index (χ2n) is 9.53. The number of anilines is 2. The number of hydrogen-bond acceptors (Lipinski definition) is 4. The SMILES string of the molecule is Cc1cc(-c2cncc(-c3ccc(N4C(=O)Cc5ccccc54)cc3)c2)c2cc3n(c2n1)CCNC3=O. The second-order valence-corrected chi connectivity index (χ2v) is 9.53. The van der Waals surface area contributed by atoms with Crippen molar-refractivity contribution in [3.05, 3.63) is 96.1 Å². The summed E-state index contributed by atoms with van der Waals surface area (Å²) in [5, 5.41) is 3.85. The Balaban J connectivity index is 1.27. The molecule has 3 aromatic heterocycles. The van der Waals surface area contributed by atoms with E-state index in [1.165, 1.54) is 0 Å². The van der Waals surface area contributed by atoms with Crippen LogP contribution in [-0.2, 0) is 17.8 Å². The molecule has 5 aromatic rings. The Labute approximate surface area is 213 Å². The van der Waals surface area contributed by atoms with Gasteiger partial charge in [0.2, 0.25) is 5.91 Å². The minimum absolute atomic E-state index is 0.0704. The summed E-state index contributed by atoms with van der Waals surface area (Å²) in [7, 11) is 0. The monoisotopic (exact) mass is 485 g/mol. The number of carbonyl (C=O) groups is 2. The fourth-order valence-electron chi connectivity index (χ4n) is 5.45. The molecule has 2 aliphatic heterocycles. The van der Waals surface area contributed by atoms with Crippen LogP contribution in [0.1, 0.15) is 21.7 Å². The molecule has 0 spiro atoms. The molecule has 0 unspecified atom stereocenters. The molecular formula is C30H23N5O2. The highest BCUT2D eigenvalue weighted by molar-refractivity contribution is 6.07. The van der Waals surface area contributed by atoms with Crippen LogP contribution >= 0.6 is 0 Å². The van der Waals surface area contributed by atoms with Crippen LogP contribution in [0.3, 0.4) is 0 Å². The average molecular weight is 486 g/mol. The molecule has 2 amide bonds. The van der Waals surface area contributed by atoms with Gasteiger partial charge in [-0.3, -0.25) is 19.5 Å². The minimum Gasteiger partial charge on any atom is -0.349 e. The van der Waals surface area contributed by atoms with Gasteiger partial charge in [-0.05, 0) is 60.0 Å². The molecule has 0 fully saturated rings. The van der Waals surface area contributed by atoms with Crippen LogP contribution in [0, 0.1) is 6.92 Å². The molecule has 0 bridgehead atoms. The van der Waals surface area contributed by atoms with E-state index >= 15 is 0 Å². The van der Waals surface area contributed by atoms with Gasteiger partial charge in [0.1, 0.15) is 11.3 Å². The van der Waals surface area contributed by atoms with Gasteiger partial charge in [-0.15, -0.1) is 0 Å². The quantitative estimate of drug-likeness (QED) is 0.388. The molecule has 2 aliphatic rings. The molecule has 7 nitrogen and oxygen atoms in total. The number of rotatable bonds is 3. The third-order valence-corrected chi connectivity index (χ3v) is 7.18. The topological polar surface area (TPSA) is 80.1 Å². The van der Waals surface area contributed by atoms with Crippen LogP contribution in [0.25, 0.3) is 33.3 Å². The first-order chi connectivity index (χ1) is 18.1. The molecule has 0 atom stereocenters. The van der Waals surface area contributed by atoms with Crippen molar-refractivity contribution in [3.63, 3.8) is 0 Å². The number of aromatic nitrogens is 3. The zero-order valence-corrected chi connectivity index (χ0v) is 20.2. The van der Waals surface area contributed by atoms with Crippen molar-refractivity contribution < 1.29 is 9.59 Å². The van der Waals surface area contributed by atoms with Crippen molar-refractivity contribution in [2.24, 2.45) is 0 Å². The molecule has 7 rings (SSSR count). The van der Waals surface area contributed by atoms with Crippen LogP contribution in [0.2, 0.25) is 0 Å². The first-order valence-corrected chi connectivity index (χ1v) is 12.3. The Hall–Kier alpha value is -4.78. The van der Waals surface area contributed by atoms with Gasteiger partial charge in [-0.1, -0.05) is 30.3 Å². The molecule has 1 N–H and O–H groups in total. The summed E-state index contributed by atoms with van der Waals surface area (Å²) < 4.78 is 2.00. The normalized spacial score (nSPS) is 14.6. The molecule has 5 heterocycles. The number of hydrogen-bond donors (Lipinski definition) is 1. The van der Waals surface area contributed by atoms with E-state index in [4.69, 9.17) is 4.98 Å². The lowest BCUT2D eigenvalue weighted by atomic mass is 10.00. The zero-order valence-electron chi connectivity index (χ0n) is 20.2. The van der Waals surface area contributed by atoms with Crippen LogP contribution in [0.4, 0.5) is 11.4 Å². The van der Waals surface area contributed by atoms with Gasteiger partial charge in [0.05, 0.1) is 12.1 Å². The fourth-order valence-corrected chi connectivity index (χ4v) is 5.45. The summed E-state index contributed by atoms with van der Waals surface area (Å²) in [4.78, 5) is 36.2. The van der Waals surface area contributed by atoms with Crippen molar-refractivity contribution in [2.45, 2.75) is 19.9 Å². The summed E-state index contributed by atoms with van der Waals surface area (Å²) >= 11 is 0. The molecule has 0 saturated carbocycles. The van der Waals surface area contributed by atoms with Gasteiger partial charge < -0.3 is 9.88 Å². The Bertz CT molecular complexity index is 1740. The van der Waals surface area contributed by atoms with E-state index in [1.54, 1.807) is 4.90 Å². The molecule has 180 valence electrons. The highest BCUT2D eigenvalue weighted by atomic mass is 16.2. The summed E-state index contributed by atoms with van der Waals surface area (Å²) in [6.45, 7) is 3.27. The van der Waals surface area contributed by atoms with Gasteiger partial charge in [-0.25, -0.2) is 4.98 Å². The van der Waals surface area contributed by atoms with E-state index in [9.17, 15) is 9.59 Å². The van der Waals surface area contributed by atoms with E-state index in [1.807, 2.05) is 84.5 Å². The number of amides is 2. The molecule has 2 aromatic carbocycles. The Morgan fingerprint density at radius 1 is 0.892 bits per heavy atom. The number of para-hydroxylation sites is 1. The maximum absolute atomic E-state index is 12.7. The number of nitrogens with zero attached hydrogens (tertiary/aromatic N) is 4. The third-order valence-electron chi connectivity index (χ3n) is 7.18. The summed E-state index contributed by atoms with van der Waals surface area (Å²) in [5.74, 6) is 0.0116. The van der Waals surface area contributed by atoms with Gasteiger partial charge in [0.15, 0.2) is 0 Å². The first-order valence-electron chi connectivity index (χ1n) is 12.3. The maximum atomic E-state index is 12.7. The average Bonchev–Trinajstić information content (AvgIpc) is 3.46. The highest BCUT2D eigenvalue weighted by Crippen LogP contribution is 2.37. The number of carbonyl (C=O) groups excluding carboxylic acids is 2. The Kier molecular flexibility index (Phi) is 4.72. The third kappa shape index (κ3) is 3.42. The Morgan fingerprint density at radius 2 is 1.70 bits per heavy atom. The van der Waals surface area contributed by atoms with E-state index in [0.717, 1.165) is 55.9 Å². The predicted octanol–water partition coefficient (Wildman–Crippen LogP) is 5.04. The minimum atomic E-state index is -0.0704. The molecule has 37 heavy (non-hydrogen) atoms. The number of fused-ring (bicyclic) bond motifs is 4. The number of benzene rings is 2. The van der Waals surface area contributed by atoms with Crippen LogP contribution in [0.15, 0.2) is 79.1 Å². The smallest absolute Gasteiger partial charge is 0.268 e. The second kappa shape index (κ2) is 8.13. The molecule has 0 saturated heterocycles. The largest absolute Gasteiger partial charge is 0.349 e. The van der Waals surface area contributed by atoms with Crippen LogP contribution in [-0.4, -0.2) is 32.9 Å². The lowest BCUT2D eigenvalue weighted by Crippen LogP contribution is -2.34. The van der Waals surface area contributed by atoms with Crippen molar-refractivity contribution >= 4 is 34.2 Å². The van der Waals surface area contributed by atoms with Crippen molar-refractivity contribution in [1.82, 2.24) is 19.9 Å².